The van der Waals surface area contributed by atoms with Gasteiger partial charge in [-0.1, -0.05) is 6.07 Å². The molecule has 2 rings (SSSR count). The summed E-state index contributed by atoms with van der Waals surface area (Å²) in [5.74, 6) is 0.602. The van der Waals surface area contributed by atoms with Crippen molar-refractivity contribution >= 4 is 12.0 Å². The Morgan fingerprint density at radius 2 is 1.91 bits per heavy atom. The van der Waals surface area contributed by atoms with Gasteiger partial charge in [-0.05, 0) is 36.6 Å². The van der Waals surface area contributed by atoms with Gasteiger partial charge in [-0.25, -0.2) is 4.79 Å². The number of ether oxygens (including phenoxy) is 3. The molecule has 0 aromatic heterocycles. The van der Waals surface area contributed by atoms with E-state index in [4.69, 9.17) is 14.2 Å². The van der Waals surface area contributed by atoms with Crippen LogP contribution in [-0.2, 0) is 9.53 Å². The lowest BCUT2D eigenvalue weighted by Crippen LogP contribution is -2.32. The molecule has 0 saturated heterocycles. The van der Waals surface area contributed by atoms with E-state index < -0.39 is 24.3 Å². The molecule has 0 bridgehead atoms. The standard InChI is InChI=1S/C16H20O6/c1-20-12-6-3-10(9-14(12)21-2)4-8-15(18)22-13-7-5-11(17)16(13)19/h3-4,6,8-9,11,13,16-17,19H,5,7H2,1-2H3. The van der Waals surface area contributed by atoms with Crippen LogP contribution in [0.4, 0.5) is 0 Å². The predicted molar refractivity (Wildman–Crippen MR) is 79.7 cm³/mol. The summed E-state index contributed by atoms with van der Waals surface area (Å²) in [5, 5.41) is 19.0. The summed E-state index contributed by atoms with van der Waals surface area (Å²) >= 11 is 0. The molecule has 1 aromatic rings. The van der Waals surface area contributed by atoms with Crippen molar-refractivity contribution < 1.29 is 29.2 Å². The van der Waals surface area contributed by atoms with E-state index in [0.29, 0.717) is 24.3 Å². The number of aliphatic hydroxyl groups excluding tert-OH is 2. The van der Waals surface area contributed by atoms with E-state index in [0.717, 1.165) is 5.56 Å². The molecule has 1 aliphatic carbocycles. The molecule has 0 aliphatic heterocycles. The molecule has 3 atom stereocenters. The van der Waals surface area contributed by atoms with Gasteiger partial charge in [0.25, 0.3) is 0 Å². The minimum atomic E-state index is -1.02. The minimum Gasteiger partial charge on any atom is -0.493 e. The van der Waals surface area contributed by atoms with Gasteiger partial charge in [0.15, 0.2) is 11.5 Å². The van der Waals surface area contributed by atoms with Crippen LogP contribution in [0.2, 0.25) is 0 Å². The number of hydrogen-bond acceptors (Lipinski definition) is 6. The van der Waals surface area contributed by atoms with Gasteiger partial charge in [0.1, 0.15) is 12.2 Å². The smallest absolute Gasteiger partial charge is 0.331 e. The average Bonchev–Trinajstić information content (AvgIpc) is 2.84. The first-order valence-corrected chi connectivity index (χ1v) is 7.02. The van der Waals surface area contributed by atoms with E-state index >= 15 is 0 Å². The second-order valence-corrected chi connectivity index (χ2v) is 5.06. The molecule has 3 unspecified atom stereocenters. The highest BCUT2D eigenvalue weighted by Gasteiger charge is 2.35. The third-order valence-electron chi connectivity index (χ3n) is 3.61. The van der Waals surface area contributed by atoms with Crippen LogP contribution < -0.4 is 9.47 Å². The summed E-state index contributed by atoms with van der Waals surface area (Å²) in [6, 6.07) is 5.25. The topological polar surface area (TPSA) is 85.2 Å². The number of aliphatic hydroxyl groups is 2. The molecular formula is C16H20O6. The van der Waals surface area contributed by atoms with Gasteiger partial charge in [0.2, 0.25) is 0 Å². The monoisotopic (exact) mass is 308 g/mol. The van der Waals surface area contributed by atoms with E-state index in [9.17, 15) is 15.0 Å². The maximum absolute atomic E-state index is 11.7. The number of carbonyl (C=O) groups excluding carboxylic acids is 1. The summed E-state index contributed by atoms with van der Waals surface area (Å²) in [5.41, 5.74) is 0.751. The number of methoxy groups -OCH3 is 2. The van der Waals surface area contributed by atoms with Crippen molar-refractivity contribution in [1.29, 1.82) is 0 Å². The van der Waals surface area contributed by atoms with Crippen LogP contribution in [0.25, 0.3) is 6.08 Å². The Hall–Kier alpha value is -2.05. The van der Waals surface area contributed by atoms with Crippen LogP contribution in [0, 0.1) is 0 Å². The van der Waals surface area contributed by atoms with Crippen molar-refractivity contribution in [3.05, 3.63) is 29.8 Å². The van der Waals surface area contributed by atoms with E-state index in [1.807, 2.05) is 0 Å². The maximum atomic E-state index is 11.7. The van der Waals surface area contributed by atoms with Crippen molar-refractivity contribution in [3.63, 3.8) is 0 Å². The van der Waals surface area contributed by atoms with Crippen molar-refractivity contribution in [1.82, 2.24) is 0 Å². The summed E-state index contributed by atoms with van der Waals surface area (Å²) in [4.78, 5) is 11.7. The van der Waals surface area contributed by atoms with Crippen molar-refractivity contribution in [2.24, 2.45) is 0 Å². The highest BCUT2D eigenvalue weighted by Crippen LogP contribution is 2.28. The first-order valence-electron chi connectivity index (χ1n) is 7.02. The second kappa shape index (κ2) is 7.29. The molecule has 1 saturated carbocycles. The Morgan fingerprint density at radius 1 is 1.18 bits per heavy atom. The lowest BCUT2D eigenvalue weighted by atomic mass is 10.2. The summed E-state index contributed by atoms with van der Waals surface area (Å²) in [6.45, 7) is 0. The minimum absolute atomic E-state index is 0.429. The quantitative estimate of drug-likeness (QED) is 0.627. The molecular weight excluding hydrogens is 288 g/mol. The van der Waals surface area contributed by atoms with Gasteiger partial charge in [-0.2, -0.15) is 0 Å². The maximum Gasteiger partial charge on any atom is 0.331 e. The SMILES string of the molecule is COc1ccc(C=CC(=O)OC2CCC(O)C2O)cc1OC. The molecule has 22 heavy (non-hydrogen) atoms. The van der Waals surface area contributed by atoms with Crippen molar-refractivity contribution in [2.75, 3.05) is 14.2 Å². The van der Waals surface area contributed by atoms with Gasteiger partial charge in [0.05, 0.1) is 20.3 Å². The van der Waals surface area contributed by atoms with Gasteiger partial charge in [0, 0.05) is 6.08 Å². The van der Waals surface area contributed by atoms with E-state index in [-0.39, 0.29) is 0 Å². The first-order chi connectivity index (χ1) is 10.5. The third kappa shape index (κ3) is 3.78. The number of rotatable bonds is 5. The van der Waals surface area contributed by atoms with E-state index in [1.165, 1.54) is 13.2 Å². The van der Waals surface area contributed by atoms with Crippen LogP contribution in [0.5, 0.6) is 11.5 Å². The molecule has 0 heterocycles. The van der Waals surface area contributed by atoms with Crippen LogP contribution in [-0.4, -0.2) is 48.7 Å². The highest BCUT2D eigenvalue weighted by atomic mass is 16.6. The summed E-state index contributed by atoms with van der Waals surface area (Å²) in [7, 11) is 3.08. The predicted octanol–water partition coefficient (Wildman–Crippen LogP) is 1.14. The summed E-state index contributed by atoms with van der Waals surface area (Å²) < 4.78 is 15.4. The number of benzene rings is 1. The zero-order chi connectivity index (χ0) is 16.1. The zero-order valence-corrected chi connectivity index (χ0v) is 12.6. The summed E-state index contributed by atoms with van der Waals surface area (Å²) in [6.07, 6.45) is 1.25. The molecule has 6 heteroatoms. The molecule has 1 aliphatic rings. The van der Waals surface area contributed by atoms with E-state index in [2.05, 4.69) is 0 Å². The van der Waals surface area contributed by atoms with Crippen molar-refractivity contribution in [2.45, 2.75) is 31.2 Å². The van der Waals surface area contributed by atoms with Gasteiger partial charge in [-0.3, -0.25) is 0 Å². The molecule has 0 amide bonds. The normalized spacial score (nSPS) is 24.5. The third-order valence-corrected chi connectivity index (χ3v) is 3.61. The fourth-order valence-electron chi connectivity index (χ4n) is 2.36. The number of carbonyl (C=O) groups is 1. The number of hydrogen-bond donors (Lipinski definition) is 2. The molecule has 1 fully saturated rings. The van der Waals surface area contributed by atoms with Gasteiger partial charge < -0.3 is 24.4 Å². The van der Waals surface area contributed by atoms with Gasteiger partial charge in [-0.15, -0.1) is 0 Å². The Bertz CT molecular complexity index is 554. The molecule has 120 valence electrons. The Kier molecular flexibility index (Phi) is 5.41. The second-order valence-electron chi connectivity index (χ2n) is 5.06. The Balaban J connectivity index is 1.98. The van der Waals surface area contributed by atoms with Crippen LogP contribution in [0.15, 0.2) is 24.3 Å². The first kappa shape index (κ1) is 16.3. The molecule has 0 spiro atoms. The van der Waals surface area contributed by atoms with Crippen LogP contribution in [0.1, 0.15) is 18.4 Å². The molecule has 1 aromatic carbocycles. The number of esters is 1. The zero-order valence-electron chi connectivity index (χ0n) is 12.6. The van der Waals surface area contributed by atoms with Crippen LogP contribution >= 0.6 is 0 Å². The Morgan fingerprint density at radius 3 is 2.50 bits per heavy atom. The average molecular weight is 308 g/mol. The fraction of sp³-hybridized carbons (Fsp3) is 0.438. The molecule has 2 N–H and O–H groups in total. The fourth-order valence-corrected chi connectivity index (χ4v) is 2.36. The van der Waals surface area contributed by atoms with Crippen LogP contribution in [0.3, 0.4) is 0 Å². The lowest BCUT2D eigenvalue weighted by Gasteiger charge is -2.15. The lowest BCUT2D eigenvalue weighted by molar-refractivity contribution is -0.148. The molecule has 6 nitrogen and oxygen atoms in total. The highest BCUT2D eigenvalue weighted by molar-refractivity contribution is 5.87. The van der Waals surface area contributed by atoms with Gasteiger partial charge >= 0.3 is 5.97 Å². The molecule has 0 radical (unpaired) electrons. The Labute approximate surface area is 128 Å². The largest absolute Gasteiger partial charge is 0.493 e. The van der Waals surface area contributed by atoms with E-state index in [1.54, 1.807) is 31.4 Å². The van der Waals surface area contributed by atoms with Crippen molar-refractivity contribution in [3.8, 4) is 11.5 Å².